The zero-order valence-corrected chi connectivity index (χ0v) is 12.5. The van der Waals surface area contributed by atoms with Crippen LogP contribution in [0, 0.1) is 11.3 Å². The van der Waals surface area contributed by atoms with E-state index < -0.39 is 11.0 Å². The quantitative estimate of drug-likeness (QED) is 0.858. The number of nitrogens with zero attached hydrogens (tertiary/aromatic N) is 2. The number of aliphatic hydroxyl groups is 1. The van der Waals surface area contributed by atoms with Gasteiger partial charge in [0, 0.05) is 18.5 Å². The van der Waals surface area contributed by atoms with Crippen LogP contribution in [-0.4, -0.2) is 42.4 Å². The third-order valence-corrected chi connectivity index (χ3v) is 5.10. The number of rotatable bonds is 1. The summed E-state index contributed by atoms with van der Waals surface area (Å²) in [5.41, 5.74) is -0.981. The van der Waals surface area contributed by atoms with Gasteiger partial charge < -0.3 is 14.7 Å². The number of ether oxygens (including phenoxy) is 1. The number of likely N-dealkylation sites (tertiary alicyclic amines) is 1. The number of benzene rings is 1. The Hall–Kier alpha value is -1.57. The van der Waals surface area contributed by atoms with Crippen molar-refractivity contribution in [1.29, 1.82) is 5.26 Å². The Labute approximate surface area is 125 Å². The Kier molecular flexibility index (Phi) is 3.64. The minimum Gasteiger partial charge on any atom is -0.493 e. The van der Waals surface area contributed by atoms with E-state index in [9.17, 15) is 10.4 Å². The van der Waals surface area contributed by atoms with Crippen LogP contribution in [0.25, 0.3) is 0 Å². The van der Waals surface area contributed by atoms with Gasteiger partial charge in [0.2, 0.25) is 0 Å². The van der Waals surface area contributed by atoms with Crippen LogP contribution in [0.5, 0.6) is 5.75 Å². The van der Waals surface area contributed by atoms with E-state index in [1.54, 1.807) is 0 Å². The zero-order chi connectivity index (χ0) is 14.9. The molecule has 3 rings (SSSR count). The average molecular weight is 286 g/mol. The molecule has 4 nitrogen and oxygen atoms in total. The van der Waals surface area contributed by atoms with Crippen molar-refractivity contribution in [1.82, 2.24) is 4.90 Å². The van der Waals surface area contributed by atoms with E-state index in [1.807, 2.05) is 24.3 Å². The normalized spacial score (nSPS) is 33.4. The second-order valence-corrected chi connectivity index (χ2v) is 6.30. The lowest BCUT2D eigenvalue weighted by Gasteiger charge is -2.45. The van der Waals surface area contributed by atoms with Gasteiger partial charge in [0.1, 0.15) is 11.2 Å². The number of para-hydroxylation sites is 1. The largest absolute Gasteiger partial charge is 0.493 e. The van der Waals surface area contributed by atoms with Gasteiger partial charge in [-0.15, -0.1) is 0 Å². The van der Waals surface area contributed by atoms with E-state index in [0.717, 1.165) is 30.8 Å². The van der Waals surface area contributed by atoms with Crippen LogP contribution in [0.2, 0.25) is 0 Å². The molecule has 0 radical (unpaired) electrons. The maximum atomic E-state index is 11.4. The first kappa shape index (κ1) is 14.4. The second kappa shape index (κ2) is 5.32. The molecule has 1 aromatic carbocycles. The number of nitriles is 1. The molecular weight excluding hydrogens is 264 g/mol. The molecule has 2 heterocycles. The number of hydrogen-bond donors (Lipinski definition) is 1. The third-order valence-electron chi connectivity index (χ3n) is 5.10. The van der Waals surface area contributed by atoms with Gasteiger partial charge in [-0.05, 0) is 38.9 Å². The number of fused-ring (bicyclic) bond motifs is 1. The lowest BCUT2D eigenvalue weighted by atomic mass is 9.62. The van der Waals surface area contributed by atoms with Crippen LogP contribution >= 0.6 is 0 Å². The molecule has 1 saturated heterocycles. The highest BCUT2D eigenvalue weighted by Crippen LogP contribution is 2.49. The molecular formula is C17H22N2O2. The van der Waals surface area contributed by atoms with Gasteiger partial charge in [0.05, 0.1) is 18.3 Å². The highest BCUT2D eigenvalue weighted by atomic mass is 16.5. The van der Waals surface area contributed by atoms with Gasteiger partial charge in [-0.2, -0.15) is 5.26 Å². The molecule has 2 atom stereocenters. The molecule has 112 valence electrons. The smallest absolute Gasteiger partial charge is 0.124 e. The van der Waals surface area contributed by atoms with E-state index in [0.29, 0.717) is 25.9 Å². The molecule has 0 spiro atoms. The van der Waals surface area contributed by atoms with Gasteiger partial charge in [-0.25, -0.2) is 0 Å². The fourth-order valence-electron chi connectivity index (χ4n) is 3.78. The molecule has 2 aliphatic rings. The fourth-order valence-corrected chi connectivity index (χ4v) is 3.78. The Morgan fingerprint density at radius 1 is 1.24 bits per heavy atom. The van der Waals surface area contributed by atoms with Gasteiger partial charge >= 0.3 is 0 Å². The Bertz CT molecular complexity index is 568. The first-order valence-electron chi connectivity index (χ1n) is 7.66. The predicted molar refractivity (Wildman–Crippen MR) is 80.1 cm³/mol. The van der Waals surface area contributed by atoms with Crippen molar-refractivity contribution in [3.8, 4) is 11.8 Å². The highest BCUT2D eigenvalue weighted by molar-refractivity contribution is 5.48. The third kappa shape index (κ3) is 2.21. The van der Waals surface area contributed by atoms with Crippen molar-refractivity contribution in [3.63, 3.8) is 0 Å². The monoisotopic (exact) mass is 286 g/mol. The van der Waals surface area contributed by atoms with E-state index in [2.05, 4.69) is 18.0 Å². The molecule has 1 fully saturated rings. The molecule has 0 saturated carbocycles. The summed E-state index contributed by atoms with van der Waals surface area (Å²) in [4.78, 5) is 2.23. The summed E-state index contributed by atoms with van der Waals surface area (Å²) >= 11 is 0. The Morgan fingerprint density at radius 2 is 2.05 bits per heavy atom. The topological polar surface area (TPSA) is 56.5 Å². The molecule has 4 heteroatoms. The van der Waals surface area contributed by atoms with E-state index >= 15 is 0 Å². The van der Waals surface area contributed by atoms with Crippen LogP contribution in [-0.2, 0) is 5.41 Å². The van der Waals surface area contributed by atoms with Crippen LogP contribution in [0.4, 0.5) is 0 Å². The lowest BCUT2D eigenvalue weighted by molar-refractivity contribution is -0.0430. The van der Waals surface area contributed by atoms with Crippen molar-refractivity contribution in [2.24, 2.45) is 0 Å². The summed E-state index contributed by atoms with van der Waals surface area (Å²) in [7, 11) is 2.07. The van der Waals surface area contributed by atoms with E-state index in [4.69, 9.17) is 4.74 Å². The fraction of sp³-hybridized carbons (Fsp3) is 0.588. The Morgan fingerprint density at radius 3 is 2.86 bits per heavy atom. The van der Waals surface area contributed by atoms with Crippen LogP contribution in [0.3, 0.4) is 0 Å². The second-order valence-electron chi connectivity index (χ2n) is 6.30. The van der Waals surface area contributed by atoms with Crippen LogP contribution < -0.4 is 4.74 Å². The van der Waals surface area contributed by atoms with Crippen molar-refractivity contribution in [3.05, 3.63) is 29.8 Å². The Balaban J connectivity index is 2.07. The van der Waals surface area contributed by atoms with Gasteiger partial charge in [-0.3, -0.25) is 0 Å². The first-order chi connectivity index (χ1) is 10.1. The summed E-state index contributed by atoms with van der Waals surface area (Å²) in [6, 6.07) is 10.1. The standard InChI is InChI=1S/C17H22N2O2/c1-19-10-4-7-17(20,8-11-19)16(13-18)9-12-21-15-6-3-2-5-14(15)16/h2-3,5-6,20H,4,7-12H2,1H3. The summed E-state index contributed by atoms with van der Waals surface area (Å²) in [5.74, 6) is 0.747. The van der Waals surface area contributed by atoms with Crippen LogP contribution in [0.1, 0.15) is 31.2 Å². The van der Waals surface area contributed by atoms with Crippen LogP contribution in [0.15, 0.2) is 24.3 Å². The summed E-state index contributed by atoms with van der Waals surface area (Å²) in [5, 5.41) is 21.4. The first-order valence-corrected chi connectivity index (χ1v) is 7.66. The van der Waals surface area contributed by atoms with Crippen molar-refractivity contribution >= 4 is 0 Å². The molecule has 0 amide bonds. The van der Waals surface area contributed by atoms with Gasteiger partial charge in [-0.1, -0.05) is 18.2 Å². The van der Waals surface area contributed by atoms with E-state index in [1.165, 1.54) is 0 Å². The van der Waals surface area contributed by atoms with E-state index in [-0.39, 0.29) is 0 Å². The molecule has 0 bridgehead atoms. The SMILES string of the molecule is CN1CCCC(O)(C2(C#N)CCOc3ccccc32)CC1. The van der Waals surface area contributed by atoms with Gasteiger partial charge in [0.25, 0.3) is 0 Å². The lowest BCUT2D eigenvalue weighted by Crippen LogP contribution is -2.53. The molecule has 21 heavy (non-hydrogen) atoms. The minimum absolute atomic E-state index is 0.489. The molecule has 0 aliphatic carbocycles. The summed E-state index contributed by atoms with van der Waals surface area (Å²) < 4.78 is 5.70. The summed E-state index contributed by atoms with van der Waals surface area (Å²) in [6.07, 6.45) is 2.77. The van der Waals surface area contributed by atoms with Crippen molar-refractivity contribution in [2.75, 3.05) is 26.7 Å². The highest BCUT2D eigenvalue weighted by Gasteiger charge is 2.54. The maximum absolute atomic E-state index is 11.4. The molecule has 2 aliphatic heterocycles. The average Bonchev–Trinajstić information content (AvgIpc) is 2.69. The molecule has 1 N–H and O–H groups in total. The minimum atomic E-state index is -0.980. The van der Waals surface area contributed by atoms with Crippen molar-refractivity contribution < 1.29 is 9.84 Å². The van der Waals surface area contributed by atoms with Crippen molar-refractivity contribution in [2.45, 2.75) is 36.7 Å². The summed E-state index contributed by atoms with van der Waals surface area (Å²) in [6.45, 7) is 2.29. The molecule has 0 aromatic heterocycles. The van der Waals surface area contributed by atoms with Gasteiger partial charge in [0.15, 0.2) is 0 Å². The molecule has 2 unspecified atom stereocenters. The number of hydrogen-bond acceptors (Lipinski definition) is 4. The maximum Gasteiger partial charge on any atom is 0.124 e. The molecule has 1 aromatic rings. The predicted octanol–water partition coefficient (Wildman–Crippen LogP) is 2.08. The zero-order valence-electron chi connectivity index (χ0n) is 12.5.